The minimum absolute atomic E-state index is 0.163. The summed E-state index contributed by atoms with van der Waals surface area (Å²) in [6.07, 6.45) is 3.94. The monoisotopic (exact) mass is 376 g/mol. The van der Waals surface area contributed by atoms with Crippen molar-refractivity contribution in [2.75, 3.05) is 0 Å². The van der Waals surface area contributed by atoms with Gasteiger partial charge in [0.2, 0.25) is 0 Å². The summed E-state index contributed by atoms with van der Waals surface area (Å²) >= 11 is 0. The molecule has 0 amide bonds. The summed E-state index contributed by atoms with van der Waals surface area (Å²) in [5.74, 6) is 2.27. The summed E-state index contributed by atoms with van der Waals surface area (Å²) in [7, 11) is 0. The molecule has 5 atom stereocenters. The van der Waals surface area contributed by atoms with E-state index in [9.17, 15) is 9.90 Å². The maximum Gasteiger partial charge on any atom is 0.139 e. The zero-order valence-electron chi connectivity index (χ0n) is 16.4. The van der Waals surface area contributed by atoms with Crippen molar-refractivity contribution in [3.8, 4) is 5.75 Å². The highest BCUT2D eigenvalue weighted by Gasteiger charge is 2.57. The van der Waals surface area contributed by atoms with Crippen molar-refractivity contribution in [1.82, 2.24) is 0 Å². The topological polar surface area (TPSA) is 46.5 Å². The smallest absolute Gasteiger partial charge is 0.139 e. The van der Waals surface area contributed by atoms with Gasteiger partial charge >= 0.3 is 0 Å². The molecular weight excluding hydrogens is 348 g/mol. The quantitative estimate of drug-likeness (QED) is 0.847. The normalized spacial score (nSPS) is 33.7. The van der Waals surface area contributed by atoms with Crippen LogP contribution in [0.4, 0.5) is 0 Å². The molecule has 0 aliphatic heterocycles. The van der Waals surface area contributed by atoms with Crippen LogP contribution in [0.25, 0.3) is 0 Å². The fraction of sp³-hybridized carbons (Fsp3) is 0.480. The van der Waals surface area contributed by atoms with Gasteiger partial charge in [0.25, 0.3) is 0 Å². The molecule has 0 unspecified atom stereocenters. The highest BCUT2D eigenvalue weighted by atomic mass is 16.5. The number of ether oxygens (including phenoxy) is 1. The van der Waals surface area contributed by atoms with E-state index < -0.39 is 6.10 Å². The fourth-order valence-electron chi connectivity index (χ4n) is 6.24. The minimum Gasteiger partial charge on any atom is -0.489 e. The third-order valence-electron chi connectivity index (χ3n) is 7.63. The van der Waals surface area contributed by atoms with Gasteiger partial charge in [0.15, 0.2) is 0 Å². The third kappa shape index (κ3) is 2.79. The van der Waals surface area contributed by atoms with E-state index in [2.05, 4.69) is 31.2 Å². The molecule has 3 aliphatic rings. The molecule has 3 heteroatoms. The highest BCUT2D eigenvalue weighted by Crippen LogP contribution is 2.59. The van der Waals surface area contributed by atoms with Crippen LogP contribution in [-0.4, -0.2) is 17.0 Å². The van der Waals surface area contributed by atoms with Crippen molar-refractivity contribution in [3.05, 3.63) is 65.2 Å². The molecule has 5 rings (SSSR count). The number of hydrogen-bond acceptors (Lipinski definition) is 3. The van der Waals surface area contributed by atoms with Gasteiger partial charge in [-0.1, -0.05) is 43.3 Å². The Hall–Kier alpha value is -2.13. The number of aliphatic hydroxyl groups is 1. The predicted molar refractivity (Wildman–Crippen MR) is 108 cm³/mol. The molecule has 0 saturated heterocycles. The molecule has 3 aliphatic carbocycles. The summed E-state index contributed by atoms with van der Waals surface area (Å²) in [5, 5.41) is 11.0. The number of benzene rings is 2. The van der Waals surface area contributed by atoms with Crippen LogP contribution >= 0.6 is 0 Å². The molecule has 0 heterocycles. The Kier molecular flexibility index (Phi) is 4.31. The molecule has 0 bridgehead atoms. The first-order valence-electron chi connectivity index (χ1n) is 10.6. The van der Waals surface area contributed by atoms with E-state index >= 15 is 0 Å². The number of rotatable bonds is 3. The number of carbonyl (C=O) groups excluding carboxylic acids is 1. The third-order valence-corrected chi connectivity index (χ3v) is 7.63. The van der Waals surface area contributed by atoms with Crippen LogP contribution in [0.5, 0.6) is 5.75 Å². The van der Waals surface area contributed by atoms with Gasteiger partial charge in [0.1, 0.15) is 18.1 Å². The van der Waals surface area contributed by atoms with E-state index in [0.29, 0.717) is 37.1 Å². The number of aliphatic hydroxyl groups excluding tert-OH is 1. The SMILES string of the molecule is C[C@]12C[C@H](O)[C@@H]3c4ccc(OCc5ccccc5)cc4CC[C@H]3[C@@H]1CCC2=O. The maximum absolute atomic E-state index is 12.5. The predicted octanol–water partition coefficient (Wildman–Crippen LogP) is 4.66. The van der Waals surface area contributed by atoms with E-state index in [1.54, 1.807) is 0 Å². The lowest BCUT2D eigenvalue weighted by atomic mass is 9.54. The Morgan fingerprint density at radius 1 is 1.11 bits per heavy atom. The maximum atomic E-state index is 12.5. The molecule has 28 heavy (non-hydrogen) atoms. The van der Waals surface area contributed by atoms with Crippen LogP contribution < -0.4 is 4.74 Å². The van der Waals surface area contributed by atoms with Gasteiger partial charge in [-0.05, 0) is 66.3 Å². The number of aryl methyl sites for hydroxylation is 1. The lowest BCUT2D eigenvalue weighted by Crippen LogP contribution is -2.48. The van der Waals surface area contributed by atoms with Crippen LogP contribution in [-0.2, 0) is 17.8 Å². The Balaban J connectivity index is 1.39. The zero-order chi connectivity index (χ0) is 19.3. The molecular formula is C25H28O3. The highest BCUT2D eigenvalue weighted by molar-refractivity contribution is 5.87. The average Bonchev–Trinajstić information content (AvgIpc) is 3.01. The van der Waals surface area contributed by atoms with Crippen molar-refractivity contribution >= 4 is 5.78 Å². The largest absolute Gasteiger partial charge is 0.489 e. The number of carbonyl (C=O) groups is 1. The number of Topliss-reactive ketones (excluding diaryl/α,β-unsaturated/α-hetero) is 1. The number of fused-ring (bicyclic) bond motifs is 5. The molecule has 0 aromatic heterocycles. The van der Waals surface area contributed by atoms with Gasteiger partial charge in [0, 0.05) is 17.8 Å². The van der Waals surface area contributed by atoms with Crippen molar-refractivity contribution in [3.63, 3.8) is 0 Å². The number of hydrogen-bond donors (Lipinski definition) is 1. The van der Waals surface area contributed by atoms with Gasteiger partial charge in [-0.15, -0.1) is 0 Å². The van der Waals surface area contributed by atoms with Gasteiger partial charge in [-0.3, -0.25) is 4.79 Å². The fourth-order valence-corrected chi connectivity index (χ4v) is 6.24. The van der Waals surface area contributed by atoms with E-state index in [4.69, 9.17) is 4.74 Å². The molecule has 0 radical (unpaired) electrons. The number of ketones is 1. The Morgan fingerprint density at radius 3 is 2.75 bits per heavy atom. The van der Waals surface area contributed by atoms with E-state index in [1.807, 2.05) is 24.3 Å². The first-order valence-corrected chi connectivity index (χ1v) is 10.6. The van der Waals surface area contributed by atoms with Crippen LogP contribution in [0.1, 0.15) is 55.2 Å². The molecule has 0 spiro atoms. The van der Waals surface area contributed by atoms with Crippen molar-refractivity contribution < 1.29 is 14.6 Å². The standard InChI is InChI=1S/C25H28O3/c1-25-14-22(26)24-19-10-8-18(28-15-16-5-3-2-4-6-16)13-17(19)7-9-20(24)21(25)11-12-23(25)27/h2-6,8,10,13,20-22,24,26H,7,9,11-12,14-15H2,1H3/t20-,21-,22-,24+,25-/m0/s1. The molecule has 2 saturated carbocycles. The molecule has 146 valence electrons. The van der Waals surface area contributed by atoms with Gasteiger partial charge in [-0.2, -0.15) is 0 Å². The van der Waals surface area contributed by atoms with Crippen LogP contribution in [0.3, 0.4) is 0 Å². The van der Waals surface area contributed by atoms with E-state index in [0.717, 1.165) is 30.6 Å². The Labute approximate surface area is 166 Å². The second-order valence-corrected chi connectivity index (χ2v) is 9.12. The van der Waals surface area contributed by atoms with Crippen LogP contribution in [0, 0.1) is 17.3 Å². The van der Waals surface area contributed by atoms with Gasteiger partial charge in [0.05, 0.1) is 6.10 Å². The Morgan fingerprint density at radius 2 is 1.93 bits per heavy atom. The first kappa shape index (κ1) is 17.9. The second kappa shape index (κ2) is 6.73. The second-order valence-electron chi connectivity index (χ2n) is 9.12. The van der Waals surface area contributed by atoms with Gasteiger partial charge < -0.3 is 9.84 Å². The summed E-state index contributed by atoms with van der Waals surface area (Å²) in [6, 6.07) is 16.6. The summed E-state index contributed by atoms with van der Waals surface area (Å²) < 4.78 is 6.01. The average molecular weight is 376 g/mol. The lowest BCUT2D eigenvalue weighted by molar-refractivity contribution is -0.133. The van der Waals surface area contributed by atoms with Crippen molar-refractivity contribution in [2.24, 2.45) is 17.3 Å². The Bertz CT molecular complexity index is 890. The summed E-state index contributed by atoms with van der Waals surface area (Å²) in [4.78, 5) is 12.5. The molecule has 2 fully saturated rings. The molecule has 3 nitrogen and oxygen atoms in total. The van der Waals surface area contributed by atoms with Crippen molar-refractivity contribution in [1.29, 1.82) is 0 Å². The molecule has 2 aromatic carbocycles. The van der Waals surface area contributed by atoms with Crippen LogP contribution in [0.15, 0.2) is 48.5 Å². The first-order chi connectivity index (χ1) is 13.6. The molecule has 2 aromatic rings. The summed E-state index contributed by atoms with van der Waals surface area (Å²) in [5.41, 5.74) is 3.43. The molecule has 1 N–H and O–H groups in total. The lowest BCUT2D eigenvalue weighted by Gasteiger charge is -2.50. The van der Waals surface area contributed by atoms with E-state index in [1.165, 1.54) is 11.1 Å². The zero-order valence-corrected chi connectivity index (χ0v) is 16.4. The summed E-state index contributed by atoms with van der Waals surface area (Å²) in [6.45, 7) is 2.67. The van der Waals surface area contributed by atoms with Gasteiger partial charge in [-0.25, -0.2) is 0 Å². The van der Waals surface area contributed by atoms with Crippen molar-refractivity contribution in [2.45, 2.75) is 57.7 Å². The van der Waals surface area contributed by atoms with E-state index in [-0.39, 0.29) is 11.3 Å². The van der Waals surface area contributed by atoms with Crippen LogP contribution in [0.2, 0.25) is 0 Å². The minimum atomic E-state index is -0.427.